The minimum absolute atomic E-state index is 0.213. The van der Waals surface area contributed by atoms with Crippen molar-refractivity contribution in [2.75, 3.05) is 13.2 Å². The molecular weight excluding hydrogens is 639 g/mol. The smallest absolute Gasteiger partial charge is 0.462 e. The van der Waals surface area contributed by atoms with Crippen LogP contribution in [0.1, 0.15) is 200 Å². The largest absolute Gasteiger partial charge is 0.469 e. The molecule has 0 aliphatic carbocycles. The number of phosphoric acid groups is 1. The van der Waals surface area contributed by atoms with Gasteiger partial charge in [0.05, 0.1) is 6.61 Å². The topological polar surface area (TPSA) is 119 Å². The molecule has 0 fully saturated rings. The van der Waals surface area contributed by atoms with Gasteiger partial charge in [0.25, 0.3) is 0 Å². The Labute approximate surface area is 300 Å². The third-order valence-corrected chi connectivity index (χ3v) is 9.24. The first kappa shape index (κ1) is 47.5. The number of esters is 2. The summed E-state index contributed by atoms with van der Waals surface area (Å²) >= 11 is 0. The van der Waals surface area contributed by atoms with E-state index in [1.807, 2.05) is 0 Å². The highest BCUT2D eigenvalue weighted by molar-refractivity contribution is 7.46. The number of carbonyl (C=O) groups excluding carboxylic acids is 2. The molecule has 288 valence electrons. The maximum absolute atomic E-state index is 12.4. The number of carbonyl (C=O) groups is 2. The van der Waals surface area contributed by atoms with Crippen LogP contribution in [0, 0.1) is 0 Å². The molecular formula is C40H75O8P. The highest BCUT2D eigenvalue weighted by Crippen LogP contribution is 2.36. The van der Waals surface area contributed by atoms with Gasteiger partial charge >= 0.3 is 19.8 Å². The lowest BCUT2D eigenvalue weighted by Gasteiger charge is -2.18. The van der Waals surface area contributed by atoms with E-state index < -0.39 is 32.5 Å². The number of ether oxygens (including phenoxy) is 2. The molecule has 0 heterocycles. The van der Waals surface area contributed by atoms with Gasteiger partial charge in [0.15, 0.2) is 6.10 Å². The molecule has 8 nitrogen and oxygen atoms in total. The minimum atomic E-state index is -4.75. The van der Waals surface area contributed by atoms with Crippen LogP contribution in [0.15, 0.2) is 24.3 Å². The van der Waals surface area contributed by atoms with E-state index in [9.17, 15) is 14.2 Å². The molecule has 0 saturated carbocycles. The van der Waals surface area contributed by atoms with Crippen molar-refractivity contribution >= 4 is 19.8 Å². The van der Waals surface area contributed by atoms with Crippen LogP contribution >= 0.6 is 7.82 Å². The second kappa shape index (κ2) is 36.3. The van der Waals surface area contributed by atoms with E-state index in [1.54, 1.807) is 0 Å². The molecule has 0 unspecified atom stereocenters. The molecule has 0 aromatic carbocycles. The Morgan fingerprint density at radius 1 is 0.531 bits per heavy atom. The SMILES string of the molecule is CCCCCC/C=C/C=C/CCCCCCCC(=O)OC[C@H](COP(=O)(O)O)OC(=O)CCCCCCCCCCCCCCCCCC. The molecule has 0 aromatic rings. The van der Waals surface area contributed by atoms with Crippen LogP contribution in [0.25, 0.3) is 0 Å². The van der Waals surface area contributed by atoms with E-state index in [0.29, 0.717) is 12.8 Å². The fraction of sp³-hybridized carbons (Fsp3) is 0.850. The number of hydrogen-bond donors (Lipinski definition) is 2. The van der Waals surface area contributed by atoms with Crippen LogP contribution in [0.3, 0.4) is 0 Å². The summed E-state index contributed by atoms with van der Waals surface area (Å²) in [4.78, 5) is 42.8. The normalized spacial score (nSPS) is 12.7. The van der Waals surface area contributed by atoms with Gasteiger partial charge in [-0.15, -0.1) is 0 Å². The number of rotatable bonds is 37. The van der Waals surface area contributed by atoms with E-state index in [1.165, 1.54) is 103 Å². The molecule has 0 bridgehead atoms. The fourth-order valence-corrected chi connectivity index (χ4v) is 6.08. The Hall–Kier alpha value is -1.47. The zero-order valence-corrected chi connectivity index (χ0v) is 32.5. The lowest BCUT2D eigenvalue weighted by molar-refractivity contribution is -0.161. The second-order valence-corrected chi connectivity index (χ2v) is 14.9. The van der Waals surface area contributed by atoms with Crippen LogP contribution < -0.4 is 0 Å². The summed E-state index contributed by atoms with van der Waals surface area (Å²) in [6.07, 6.45) is 40.4. The Balaban J connectivity index is 3.94. The molecule has 0 aliphatic rings. The molecule has 0 saturated heterocycles. The van der Waals surface area contributed by atoms with Crippen molar-refractivity contribution in [3.8, 4) is 0 Å². The average molecular weight is 715 g/mol. The summed E-state index contributed by atoms with van der Waals surface area (Å²) in [7, 11) is -4.75. The second-order valence-electron chi connectivity index (χ2n) is 13.6. The summed E-state index contributed by atoms with van der Waals surface area (Å²) in [6, 6.07) is 0. The van der Waals surface area contributed by atoms with Crippen LogP contribution in [-0.2, 0) is 28.2 Å². The van der Waals surface area contributed by atoms with E-state index >= 15 is 0 Å². The maximum Gasteiger partial charge on any atom is 0.469 e. The maximum atomic E-state index is 12.4. The molecule has 0 aromatic heterocycles. The number of hydrogen-bond acceptors (Lipinski definition) is 6. The summed E-state index contributed by atoms with van der Waals surface area (Å²) in [5.74, 6) is -0.895. The van der Waals surface area contributed by atoms with Crippen molar-refractivity contribution in [1.29, 1.82) is 0 Å². The number of unbranched alkanes of at least 4 members (excludes halogenated alkanes) is 24. The number of allylic oxidation sites excluding steroid dienone is 4. The van der Waals surface area contributed by atoms with Crippen LogP contribution in [0.2, 0.25) is 0 Å². The lowest BCUT2D eigenvalue weighted by Crippen LogP contribution is -2.29. The van der Waals surface area contributed by atoms with Crippen molar-refractivity contribution in [3.63, 3.8) is 0 Å². The summed E-state index contributed by atoms with van der Waals surface area (Å²) < 4.78 is 26.3. The average Bonchev–Trinajstić information content (AvgIpc) is 3.07. The predicted molar refractivity (Wildman–Crippen MR) is 202 cm³/mol. The molecule has 0 aliphatic heterocycles. The molecule has 0 radical (unpaired) electrons. The molecule has 0 rings (SSSR count). The van der Waals surface area contributed by atoms with Crippen molar-refractivity contribution in [2.45, 2.75) is 206 Å². The zero-order valence-electron chi connectivity index (χ0n) is 31.6. The van der Waals surface area contributed by atoms with Crippen LogP contribution in [0.5, 0.6) is 0 Å². The lowest BCUT2D eigenvalue weighted by atomic mass is 10.0. The number of phosphoric ester groups is 1. The molecule has 49 heavy (non-hydrogen) atoms. The first-order chi connectivity index (χ1) is 23.8. The minimum Gasteiger partial charge on any atom is -0.462 e. The Bertz CT molecular complexity index is 853. The highest BCUT2D eigenvalue weighted by atomic mass is 31.2. The standard InChI is InChI=1S/C40H75O8P/c1-3-5-7-9-11-13-15-17-19-21-23-25-27-29-31-33-35-40(42)48-38(37-47-49(43,44)45)36-46-39(41)34-32-30-28-26-24-22-20-18-16-14-12-10-8-6-4-2/h14,16,18,20,38H,3-13,15,17,19,21-37H2,1-2H3,(H2,43,44,45)/b16-14+,20-18+/t38-/m1/s1. The van der Waals surface area contributed by atoms with Crippen LogP contribution in [0.4, 0.5) is 0 Å². The van der Waals surface area contributed by atoms with E-state index in [2.05, 4.69) is 42.7 Å². The molecule has 0 spiro atoms. The van der Waals surface area contributed by atoms with Gasteiger partial charge in [0, 0.05) is 12.8 Å². The van der Waals surface area contributed by atoms with Gasteiger partial charge in [0.1, 0.15) is 6.61 Å². The van der Waals surface area contributed by atoms with Crippen LogP contribution in [-0.4, -0.2) is 41.0 Å². The molecule has 1 atom stereocenters. The third-order valence-electron chi connectivity index (χ3n) is 8.75. The van der Waals surface area contributed by atoms with Gasteiger partial charge in [-0.2, -0.15) is 0 Å². The molecule has 9 heteroatoms. The van der Waals surface area contributed by atoms with Gasteiger partial charge in [0.2, 0.25) is 0 Å². The van der Waals surface area contributed by atoms with Gasteiger partial charge < -0.3 is 19.3 Å². The monoisotopic (exact) mass is 715 g/mol. The first-order valence-corrected chi connectivity index (χ1v) is 21.7. The van der Waals surface area contributed by atoms with Crippen molar-refractivity contribution in [2.24, 2.45) is 0 Å². The Kier molecular flexibility index (Phi) is 35.2. The summed E-state index contributed by atoms with van der Waals surface area (Å²) in [5, 5.41) is 0. The van der Waals surface area contributed by atoms with Gasteiger partial charge in [-0.1, -0.05) is 173 Å². The molecule has 0 amide bonds. The van der Waals surface area contributed by atoms with E-state index in [0.717, 1.165) is 57.8 Å². The van der Waals surface area contributed by atoms with E-state index in [-0.39, 0.29) is 19.4 Å². The highest BCUT2D eigenvalue weighted by Gasteiger charge is 2.22. The quantitative estimate of drug-likeness (QED) is 0.0282. The van der Waals surface area contributed by atoms with Gasteiger partial charge in [-0.3, -0.25) is 14.1 Å². The Morgan fingerprint density at radius 2 is 0.898 bits per heavy atom. The van der Waals surface area contributed by atoms with Crippen molar-refractivity contribution < 1.29 is 37.9 Å². The third kappa shape index (κ3) is 39.2. The first-order valence-electron chi connectivity index (χ1n) is 20.1. The zero-order chi connectivity index (χ0) is 36.1. The predicted octanol–water partition coefficient (Wildman–Crippen LogP) is 12.0. The Morgan fingerprint density at radius 3 is 1.33 bits per heavy atom. The fourth-order valence-electron chi connectivity index (χ4n) is 5.72. The molecule has 2 N–H and O–H groups in total. The van der Waals surface area contributed by atoms with Gasteiger partial charge in [-0.25, -0.2) is 4.57 Å². The van der Waals surface area contributed by atoms with Gasteiger partial charge in [-0.05, 0) is 38.5 Å². The van der Waals surface area contributed by atoms with Crippen molar-refractivity contribution in [1.82, 2.24) is 0 Å². The summed E-state index contributed by atoms with van der Waals surface area (Å²) in [6.45, 7) is 3.66. The van der Waals surface area contributed by atoms with Crippen molar-refractivity contribution in [3.05, 3.63) is 24.3 Å². The van der Waals surface area contributed by atoms with E-state index in [4.69, 9.17) is 19.3 Å². The summed E-state index contributed by atoms with van der Waals surface area (Å²) in [5.41, 5.74) is 0.